The van der Waals surface area contributed by atoms with Crippen LogP contribution >= 0.6 is 12.2 Å². The maximum absolute atomic E-state index is 5.87. The zero-order chi connectivity index (χ0) is 22.9. The molecule has 0 radical (unpaired) electrons. The van der Waals surface area contributed by atoms with E-state index in [1.807, 2.05) is 24.4 Å². The topological polar surface area (TPSA) is 33.1 Å². The molecule has 1 fully saturated rings. The fourth-order valence-corrected chi connectivity index (χ4v) is 5.27. The van der Waals surface area contributed by atoms with Gasteiger partial charge in [0.1, 0.15) is 0 Å². The summed E-state index contributed by atoms with van der Waals surface area (Å²) >= 11 is 5.87. The zero-order valence-electron chi connectivity index (χ0n) is 19.2. The number of nitrogens with zero attached hydrogens (tertiary/aromatic N) is 3. The van der Waals surface area contributed by atoms with Gasteiger partial charge in [-0.05, 0) is 73.9 Å². The first-order chi connectivity index (χ1) is 16.0. The van der Waals surface area contributed by atoms with Gasteiger partial charge >= 0.3 is 0 Å². The molecule has 5 rings (SSSR count). The molecule has 5 heteroatoms. The molecule has 0 amide bonds. The minimum absolute atomic E-state index is 0.0202. The second kappa shape index (κ2) is 8.83. The molecule has 3 heterocycles. The zero-order valence-corrected chi connectivity index (χ0v) is 20.0. The highest BCUT2D eigenvalue weighted by molar-refractivity contribution is 7.80. The summed E-state index contributed by atoms with van der Waals surface area (Å²) in [6.07, 6.45) is 1.85. The lowest BCUT2D eigenvalue weighted by molar-refractivity contribution is 0.310. The molecule has 2 atom stereocenters. The van der Waals surface area contributed by atoms with Gasteiger partial charge in [-0.15, -0.1) is 0 Å². The molecule has 0 saturated carbocycles. The van der Waals surface area contributed by atoms with E-state index in [-0.39, 0.29) is 12.1 Å². The number of rotatable bonds is 5. The molecular formula is C28H28N4S. The molecular weight excluding hydrogens is 424 g/mol. The number of thiocarbonyl (C=S) groups is 1. The van der Waals surface area contributed by atoms with Crippen molar-refractivity contribution in [3.05, 3.63) is 119 Å². The molecule has 4 nitrogen and oxygen atoms in total. The third-order valence-electron chi connectivity index (χ3n) is 6.54. The Kier molecular flexibility index (Phi) is 5.73. The highest BCUT2D eigenvalue weighted by Gasteiger charge is 2.41. The molecule has 0 bridgehead atoms. The molecule has 1 saturated heterocycles. The lowest BCUT2D eigenvalue weighted by atomic mass is 9.96. The maximum atomic E-state index is 5.87. The first-order valence-electron chi connectivity index (χ1n) is 11.3. The van der Waals surface area contributed by atoms with Crippen molar-refractivity contribution >= 4 is 17.3 Å². The lowest BCUT2D eigenvalue weighted by Gasteiger charge is -2.28. The van der Waals surface area contributed by atoms with E-state index >= 15 is 0 Å². The van der Waals surface area contributed by atoms with Crippen LogP contribution in [-0.2, 0) is 6.54 Å². The van der Waals surface area contributed by atoms with Crippen LogP contribution in [0.5, 0.6) is 0 Å². The molecule has 1 N–H and O–H groups in total. The van der Waals surface area contributed by atoms with E-state index in [1.165, 1.54) is 33.8 Å². The van der Waals surface area contributed by atoms with E-state index < -0.39 is 0 Å². The van der Waals surface area contributed by atoms with E-state index in [2.05, 4.69) is 101 Å². The summed E-state index contributed by atoms with van der Waals surface area (Å²) in [6, 6.07) is 27.5. The molecule has 0 unspecified atom stereocenters. The highest BCUT2D eigenvalue weighted by atomic mass is 32.1. The van der Waals surface area contributed by atoms with Gasteiger partial charge in [-0.1, -0.05) is 54.6 Å². The predicted molar refractivity (Wildman–Crippen MR) is 137 cm³/mol. The van der Waals surface area contributed by atoms with Crippen LogP contribution < -0.4 is 5.32 Å². The normalized spacial score (nSPS) is 17.9. The molecule has 33 heavy (non-hydrogen) atoms. The number of pyridine rings is 1. The average molecular weight is 453 g/mol. The Balaban J connectivity index is 1.63. The van der Waals surface area contributed by atoms with Gasteiger partial charge in [0, 0.05) is 29.8 Å². The fraction of sp³-hybridized carbons (Fsp3) is 0.214. The minimum atomic E-state index is -0.0202. The SMILES string of the molecule is Cc1ccccc1-n1c(C)cc([C@@H]2[C@@H](c3ccccn3)NC(=S)N2Cc2ccccc2)c1C. The van der Waals surface area contributed by atoms with Crippen molar-refractivity contribution in [2.45, 2.75) is 39.4 Å². The van der Waals surface area contributed by atoms with E-state index in [0.717, 1.165) is 17.4 Å². The third kappa shape index (κ3) is 3.93. The van der Waals surface area contributed by atoms with Crippen molar-refractivity contribution in [2.75, 3.05) is 0 Å². The van der Waals surface area contributed by atoms with Crippen LogP contribution in [0.1, 0.15) is 45.9 Å². The Morgan fingerprint density at radius 2 is 1.64 bits per heavy atom. The number of nitrogens with one attached hydrogen (secondary N) is 1. The van der Waals surface area contributed by atoms with Gasteiger partial charge < -0.3 is 14.8 Å². The standard InChI is InChI=1S/C28H28N4S/c1-19-11-7-8-15-25(19)32-20(2)17-23(21(32)3)27-26(24-14-9-10-16-29-24)30-28(33)31(27)18-22-12-5-4-6-13-22/h4-17,26-27H,18H2,1-3H3,(H,30,33)/t26-,27-/m1/s1. The number of para-hydroxylation sites is 1. The van der Waals surface area contributed by atoms with Gasteiger partial charge in [-0.3, -0.25) is 4.98 Å². The third-order valence-corrected chi connectivity index (χ3v) is 6.89. The Hall–Kier alpha value is -3.44. The van der Waals surface area contributed by atoms with Crippen molar-refractivity contribution in [1.29, 1.82) is 0 Å². The minimum Gasteiger partial charge on any atom is -0.352 e. The Bertz CT molecular complexity index is 1280. The lowest BCUT2D eigenvalue weighted by Crippen LogP contribution is -2.29. The van der Waals surface area contributed by atoms with Crippen LogP contribution in [0.25, 0.3) is 5.69 Å². The monoisotopic (exact) mass is 452 g/mol. The molecule has 2 aromatic carbocycles. The van der Waals surface area contributed by atoms with Crippen molar-refractivity contribution < 1.29 is 0 Å². The summed E-state index contributed by atoms with van der Waals surface area (Å²) in [6.45, 7) is 7.31. The van der Waals surface area contributed by atoms with Gasteiger partial charge in [-0.2, -0.15) is 0 Å². The summed E-state index contributed by atoms with van der Waals surface area (Å²) in [5.41, 5.74) is 8.44. The molecule has 0 aliphatic carbocycles. The maximum Gasteiger partial charge on any atom is 0.170 e. The molecule has 2 aromatic heterocycles. The Morgan fingerprint density at radius 3 is 2.36 bits per heavy atom. The molecule has 4 aromatic rings. The van der Waals surface area contributed by atoms with E-state index in [9.17, 15) is 0 Å². The van der Waals surface area contributed by atoms with Crippen LogP contribution in [0.4, 0.5) is 0 Å². The number of hydrogen-bond donors (Lipinski definition) is 1. The Morgan fingerprint density at radius 1 is 0.909 bits per heavy atom. The van der Waals surface area contributed by atoms with Crippen LogP contribution in [0.2, 0.25) is 0 Å². The first-order valence-corrected chi connectivity index (χ1v) is 11.7. The van der Waals surface area contributed by atoms with Gasteiger partial charge in [0.25, 0.3) is 0 Å². The second-order valence-electron chi connectivity index (χ2n) is 8.69. The first kappa shape index (κ1) is 21.4. The number of aromatic nitrogens is 2. The largest absolute Gasteiger partial charge is 0.352 e. The molecule has 166 valence electrons. The van der Waals surface area contributed by atoms with Crippen molar-refractivity contribution in [2.24, 2.45) is 0 Å². The van der Waals surface area contributed by atoms with Crippen LogP contribution in [0.3, 0.4) is 0 Å². The highest BCUT2D eigenvalue weighted by Crippen LogP contribution is 2.42. The van der Waals surface area contributed by atoms with Crippen LogP contribution in [-0.4, -0.2) is 19.6 Å². The predicted octanol–water partition coefficient (Wildman–Crippen LogP) is 5.97. The van der Waals surface area contributed by atoms with Gasteiger partial charge in [-0.25, -0.2) is 0 Å². The number of benzene rings is 2. The summed E-state index contributed by atoms with van der Waals surface area (Å²) in [5, 5.41) is 4.35. The summed E-state index contributed by atoms with van der Waals surface area (Å²) < 4.78 is 2.36. The van der Waals surface area contributed by atoms with Gasteiger partial charge in [0.15, 0.2) is 5.11 Å². The van der Waals surface area contributed by atoms with E-state index in [1.54, 1.807) is 0 Å². The summed E-state index contributed by atoms with van der Waals surface area (Å²) in [7, 11) is 0. The Labute approximate surface area is 200 Å². The van der Waals surface area contributed by atoms with Crippen LogP contribution in [0.15, 0.2) is 85.1 Å². The fourth-order valence-electron chi connectivity index (χ4n) is 4.97. The average Bonchev–Trinajstić information content (AvgIpc) is 3.30. The summed E-state index contributed by atoms with van der Waals surface area (Å²) in [5.74, 6) is 0. The van der Waals surface area contributed by atoms with E-state index in [4.69, 9.17) is 12.2 Å². The molecule has 0 spiro atoms. The second-order valence-corrected chi connectivity index (χ2v) is 9.08. The quantitative estimate of drug-likeness (QED) is 0.378. The van der Waals surface area contributed by atoms with Crippen molar-refractivity contribution in [3.63, 3.8) is 0 Å². The van der Waals surface area contributed by atoms with Crippen molar-refractivity contribution in [1.82, 2.24) is 19.8 Å². The number of aryl methyl sites for hydroxylation is 2. The smallest absolute Gasteiger partial charge is 0.170 e. The summed E-state index contributed by atoms with van der Waals surface area (Å²) in [4.78, 5) is 7.00. The van der Waals surface area contributed by atoms with Gasteiger partial charge in [0.05, 0.1) is 17.8 Å². The molecule has 1 aliphatic rings. The van der Waals surface area contributed by atoms with Gasteiger partial charge in [0.2, 0.25) is 0 Å². The van der Waals surface area contributed by atoms with Crippen molar-refractivity contribution in [3.8, 4) is 5.69 Å². The molecule has 1 aliphatic heterocycles. The van der Waals surface area contributed by atoms with Crippen LogP contribution in [0, 0.1) is 20.8 Å². The van der Waals surface area contributed by atoms with E-state index in [0.29, 0.717) is 0 Å². The number of hydrogen-bond acceptors (Lipinski definition) is 2.